The summed E-state index contributed by atoms with van der Waals surface area (Å²) in [5, 5.41) is 0. The molecule has 0 aliphatic carbocycles. The summed E-state index contributed by atoms with van der Waals surface area (Å²) >= 11 is 0. The topological polar surface area (TPSA) is 55.8 Å². The zero-order chi connectivity index (χ0) is 19.8. The fourth-order valence-electron chi connectivity index (χ4n) is 2.21. The van der Waals surface area contributed by atoms with Crippen LogP contribution in [0.3, 0.4) is 0 Å². The molecule has 1 amide bonds. The van der Waals surface area contributed by atoms with E-state index in [0.717, 1.165) is 11.3 Å². The third-order valence-electron chi connectivity index (χ3n) is 3.66. The second-order valence-corrected chi connectivity index (χ2v) is 6.54. The van der Waals surface area contributed by atoms with Crippen molar-refractivity contribution in [1.29, 1.82) is 0 Å². The van der Waals surface area contributed by atoms with Crippen LogP contribution in [0.25, 0.3) is 6.08 Å². The van der Waals surface area contributed by atoms with Crippen LogP contribution >= 0.6 is 0 Å². The van der Waals surface area contributed by atoms with Gasteiger partial charge in [0.2, 0.25) is 0 Å². The van der Waals surface area contributed by atoms with Gasteiger partial charge < -0.3 is 14.4 Å². The standard InChI is InChI=1S/C22H25NO4/c1-16(2)27-19-11-8-17(9-12-19)10-13-21(24)18-6-5-7-20(14-18)26-15-22(25)23(3)4/h5-14,16H,15H2,1-4H3/b13-10+. The molecule has 142 valence electrons. The fourth-order valence-corrected chi connectivity index (χ4v) is 2.21. The largest absolute Gasteiger partial charge is 0.491 e. The Morgan fingerprint density at radius 3 is 2.37 bits per heavy atom. The van der Waals surface area contributed by atoms with Crippen LogP contribution in [0.5, 0.6) is 11.5 Å². The highest BCUT2D eigenvalue weighted by Gasteiger charge is 2.07. The molecule has 5 nitrogen and oxygen atoms in total. The highest BCUT2D eigenvalue weighted by atomic mass is 16.5. The average Bonchev–Trinajstić information content (AvgIpc) is 2.65. The fraction of sp³-hybridized carbons (Fsp3) is 0.273. The third kappa shape index (κ3) is 6.62. The van der Waals surface area contributed by atoms with Crippen LogP contribution in [0.1, 0.15) is 29.8 Å². The summed E-state index contributed by atoms with van der Waals surface area (Å²) in [7, 11) is 3.33. The predicted octanol–water partition coefficient (Wildman–Crippen LogP) is 3.84. The van der Waals surface area contributed by atoms with Gasteiger partial charge in [0.25, 0.3) is 5.91 Å². The smallest absolute Gasteiger partial charge is 0.259 e. The van der Waals surface area contributed by atoms with Gasteiger partial charge in [-0.15, -0.1) is 0 Å². The first-order chi connectivity index (χ1) is 12.8. The molecule has 0 aliphatic rings. The minimum Gasteiger partial charge on any atom is -0.491 e. The molecule has 0 spiro atoms. The Bertz CT molecular complexity index is 807. The number of amides is 1. The van der Waals surface area contributed by atoms with Crippen molar-refractivity contribution >= 4 is 17.8 Å². The molecule has 0 heterocycles. The van der Waals surface area contributed by atoms with E-state index in [0.29, 0.717) is 11.3 Å². The lowest BCUT2D eigenvalue weighted by Gasteiger charge is -2.11. The van der Waals surface area contributed by atoms with Crippen molar-refractivity contribution in [2.75, 3.05) is 20.7 Å². The average molecular weight is 367 g/mol. The van der Waals surface area contributed by atoms with Gasteiger partial charge in [-0.2, -0.15) is 0 Å². The summed E-state index contributed by atoms with van der Waals surface area (Å²) in [6.07, 6.45) is 3.39. The number of carbonyl (C=O) groups excluding carboxylic acids is 2. The Hall–Kier alpha value is -3.08. The van der Waals surface area contributed by atoms with E-state index in [9.17, 15) is 9.59 Å². The highest BCUT2D eigenvalue weighted by molar-refractivity contribution is 6.07. The molecule has 0 bridgehead atoms. The second kappa shape index (κ2) is 9.57. The van der Waals surface area contributed by atoms with Gasteiger partial charge in [-0.3, -0.25) is 9.59 Å². The molecule has 0 fully saturated rings. The van der Waals surface area contributed by atoms with E-state index in [1.165, 1.54) is 11.0 Å². The Morgan fingerprint density at radius 1 is 1.04 bits per heavy atom. The van der Waals surface area contributed by atoms with Crippen molar-refractivity contribution in [3.63, 3.8) is 0 Å². The van der Waals surface area contributed by atoms with Gasteiger partial charge in [0, 0.05) is 19.7 Å². The van der Waals surface area contributed by atoms with E-state index >= 15 is 0 Å². The van der Waals surface area contributed by atoms with Gasteiger partial charge in [0.15, 0.2) is 12.4 Å². The van der Waals surface area contributed by atoms with Crippen LogP contribution in [0.4, 0.5) is 0 Å². The van der Waals surface area contributed by atoms with E-state index < -0.39 is 0 Å². The van der Waals surface area contributed by atoms with Crippen LogP contribution in [-0.2, 0) is 4.79 Å². The number of rotatable bonds is 8. The van der Waals surface area contributed by atoms with Gasteiger partial charge in [-0.25, -0.2) is 0 Å². The van der Waals surface area contributed by atoms with E-state index in [4.69, 9.17) is 9.47 Å². The Morgan fingerprint density at radius 2 is 1.74 bits per heavy atom. The Balaban J connectivity index is 1.99. The molecule has 0 N–H and O–H groups in total. The van der Waals surface area contributed by atoms with Crippen LogP contribution in [0.2, 0.25) is 0 Å². The monoisotopic (exact) mass is 367 g/mol. The second-order valence-electron chi connectivity index (χ2n) is 6.54. The number of ether oxygens (including phenoxy) is 2. The summed E-state index contributed by atoms with van der Waals surface area (Å²) < 4.78 is 11.0. The number of likely N-dealkylation sites (N-methyl/N-ethyl adjacent to an activating group) is 1. The molecule has 2 rings (SSSR count). The van der Waals surface area contributed by atoms with E-state index in [1.807, 2.05) is 38.1 Å². The number of allylic oxidation sites excluding steroid dienone is 1. The van der Waals surface area contributed by atoms with Crippen molar-refractivity contribution < 1.29 is 19.1 Å². The Kier molecular flexibility index (Phi) is 7.17. The van der Waals surface area contributed by atoms with E-state index in [-0.39, 0.29) is 24.4 Å². The number of hydrogen-bond donors (Lipinski definition) is 0. The lowest BCUT2D eigenvalue weighted by atomic mass is 10.1. The molecule has 2 aromatic rings. The Labute approximate surface area is 160 Å². The molecule has 27 heavy (non-hydrogen) atoms. The van der Waals surface area contributed by atoms with Crippen LogP contribution < -0.4 is 9.47 Å². The molecular weight excluding hydrogens is 342 g/mol. The molecule has 0 saturated heterocycles. The van der Waals surface area contributed by atoms with Gasteiger partial charge in [0.05, 0.1) is 6.10 Å². The van der Waals surface area contributed by atoms with Crippen LogP contribution in [0, 0.1) is 0 Å². The lowest BCUT2D eigenvalue weighted by molar-refractivity contribution is -0.130. The summed E-state index contributed by atoms with van der Waals surface area (Å²) in [6, 6.07) is 14.3. The quantitative estimate of drug-likeness (QED) is 0.525. The minimum atomic E-state index is -0.142. The molecule has 0 aliphatic heterocycles. The highest BCUT2D eigenvalue weighted by Crippen LogP contribution is 2.17. The van der Waals surface area contributed by atoms with Crippen LogP contribution in [-0.4, -0.2) is 43.4 Å². The van der Waals surface area contributed by atoms with Crippen molar-refractivity contribution in [2.45, 2.75) is 20.0 Å². The molecule has 0 radical (unpaired) electrons. The van der Waals surface area contributed by atoms with Gasteiger partial charge in [-0.05, 0) is 49.8 Å². The first kappa shape index (κ1) is 20.2. The third-order valence-corrected chi connectivity index (χ3v) is 3.66. The molecule has 0 saturated carbocycles. The number of ketones is 1. The zero-order valence-electron chi connectivity index (χ0n) is 16.1. The SMILES string of the molecule is CC(C)Oc1ccc(/C=C/C(=O)c2cccc(OCC(=O)N(C)C)c2)cc1. The first-order valence-electron chi connectivity index (χ1n) is 8.77. The van der Waals surface area contributed by atoms with Crippen molar-refractivity contribution in [1.82, 2.24) is 4.90 Å². The van der Waals surface area contributed by atoms with E-state index in [2.05, 4.69) is 0 Å². The minimum absolute atomic E-state index is 0.0642. The summed E-state index contributed by atoms with van der Waals surface area (Å²) in [6.45, 7) is 3.88. The molecule has 5 heteroatoms. The molecule has 0 unspecified atom stereocenters. The van der Waals surface area contributed by atoms with Gasteiger partial charge >= 0.3 is 0 Å². The summed E-state index contributed by atoms with van der Waals surface area (Å²) in [5.41, 5.74) is 1.41. The molecular formula is C22H25NO4. The van der Waals surface area contributed by atoms with Crippen molar-refractivity contribution in [3.05, 3.63) is 65.7 Å². The van der Waals surface area contributed by atoms with Gasteiger partial charge in [-0.1, -0.05) is 30.3 Å². The van der Waals surface area contributed by atoms with Crippen molar-refractivity contribution in [2.24, 2.45) is 0 Å². The number of benzene rings is 2. The maximum Gasteiger partial charge on any atom is 0.259 e. The first-order valence-corrected chi connectivity index (χ1v) is 8.77. The van der Waals surface area contributed by atoms with Gasteiger partial charge in [0.1, 0.15) is 11.5 Å². The van der Waals surface area contributed by atoms with Crippen LogP contribution in [0.15, 0.2) is 54.6 Å². The summed E-state index contributed by atoms with van der Waals surface area (Å²) in [5.74, 6) is 1.00. The molecule has 2 aromatic carbocycles. The van der Waals surface area contributed by atoms with Crippen molar-refractivity contribution in [3.8, 4) is 11.5 Å². The summed E-state index contributed by atoms with van der Waals surface area (Å²) in [4.78, 5) is 25.4. The zero-order valence-corrected chi connectivity index (χ0v) is 16.1. The number of hydrogen-bond acceptors (Lipinski definition) is 4. The lowest BCUT2D eigenvalue weighted by Crippen LogP contribution is -2.27. The predicted molar refractivity (Wildman–Crippen MR) is 106 cm³/mol. The van der Waals surface area contributed by atoms with E-state index in [1.54, 1.807) is 44.4 Å². The molecule has 0 atom stereocenters. The maximum absolute atomic E-state index is 12.4. The normalized spacial score (nSPS) is 10.9. The number of nitrogens with zero attached hydrogens (tertiary/aromatic N) is 1. The number of carbonyl (C=O) groups is 2. The molecule has 0 aromatic heterocycles. The maximum atomic E-state index is 12.4.